The minimum Gasteiger partial charge on any atom is -0.493 e. The van der Waals surface area contributed by atoms with Crippen LogP contribution in [0.4, 0.5) is 0 Å². The van der Waals surface area contributed by atoms with Gasteiger partial charge in [0.25, 0.3) is 0 Å². The Morgan fingerprint density at radius 1 is 1.25 bits per heavy atom. The molecule has 1 aromatic rings. The van der Waals surface area contributed by atoms with E-state index in [4.69, 9.17) is 10.5 Å². The SMILES string of the molecule is Cc1cc(OCC(C)CN)ccc1C(C)C. The van der Waals surface area contributed by atoms with Gasteiger partial charge in [0.15, 0.2) is 0 Å². The number of ether oxygens (including phenoxy) is 1. The quantitative estimate of drug-likeness (QED) is 0.829. The van der Waals surface area contributed by atoms with Crippen molar-refractivity contribution < 1.29 is 4.74 Å². The fourth-order valence-corrected chi connectivity index (χ4v) is 1.69. The van der Waals surface area contributed by atoms with E-state index in [-0.39, 0.29) is 0 Å². The standard InChI is InChI=1S/C14H23NO/c1-10(2)14-6-5-13(7-12(14)4)16-9-11(3)8-15/h5-7,10-11H,8-9,15H2,1-4H3. The third-order valence-electron chi connectivity index (χ3n) is 2.80. The molecule has 0 aliphatic heterocycles. The van der Waals surface area contributed by atoms with Gasteiger partial charge in [-0.25, -0.2) is 0 Å². The first-order valence-electron chi connectivity index (χ1n) is 5.98. The van der Waals surface area contributed by atoms with E-state index in [1.165, 1.54) is 11.1 Å². The van der Waals surface area contributed by atoms with Crippen LogP contribution in [0.1, 0.15) is 37.8 Å². The highest BCUT2D eigenvalue weighted by Gasteiger charge is 2.05. The predicted octanol–water partition coefficient (Wildman–Crippen LogP) is 3.09. The largest absolute Gasteiger partial charge is 0.493 e. The molecule has 2 N–H and O–H groups in total. The molecule has 0 fully saturated rings. The summed E-state index contributed by atoms with van der Waals surface area (Å²) in [6.45, 7) is 10.0. The van der Waals surface area contributed by atoms with Crippen LogP contribution in [0.25, 0.3) is 0 Å². The third kappa shape index (κ3) is 3.53. The summed E-state index contributed by atoms with van der Waals surface area (Å²) in [5.41, 5.74) is 8.24. The maximum atomic E-state index is 5.69. The molecule has 2 heteroatoms. The van der Waals surface area contributed by atoms with Crippen molar-refractivity contribution in [2.24, 2.45) is 11.7 Å². The van der Waals surface area contributed by atoms with Crippen molar-refractivity contribution in [2.45, 2.75) is 33.6 Å². The van der Waals surface area contributed by atoms with Gasteiger partial charge in [-0.1, -0.05) is 26.8 Å². The van der Waals surface area contributed by atoms with Gasteiger partial charge in [0.1, 0.15) is 5.75 Å². The topological polar surface area (TPSA) is 35.2 Å². The van der Waals surface area contributed by atoms with Crippen LogP contribution in [-0.2, 0) is 0 Å². The minimum atomic E-state index is 0.407. The van der Waals surface area contributed by atoms with Crippen molar-refractivity contribution in [3.63, 3.8) is 0 Å². The average Bonchev–Trinajstić information content (AvgIpc) is 2.25. The van der Waals surface area contributed by atoms with E-state index in [1.54, 1.807) is 0 Å². The lowest BCUT2D eigenvalue weighted by Gasteiger charge is -2.14. The summed E-state index contributed by atoms with van der Waals surface area (Å²) >= 11 is 0. The normalized spacial score (nSPS) is 12.9. The van der Waals surface area contributed by atoms with Crippen LogP contribution in [0.5, 0.6) is 5.75 Å². The van der Waals surface area contributed by atoms with Crippen molar-refractivity contribution in [1.82, 2.24) is 0 Å². The van der Waals surface area contributed by atoms with Gasteiger partial charge in [-0.2, -0.15) is 0 Å². The Labute approximate surface area is 98.8 Å². The van der Waals surface area contributed by atoms with E-state index in [2.05, 4.69) is 39.8 Å². The molecule has 0 amide bonds. The van der Waals surface area contributed by atoms with Crippen molar-refractivity contribution in [1.29, 1.82) is 0 Å². The van der Waals surface area contributed by atoms with Gasteiger partial charge >= 0.3 is 0 Å². The first-order chi connectivity index (χ1) is 7.54. The molecule has 1 rings (SSSR count). The Bertz CT molecular complexity index is 334. The molecule has 0 spiro atoms. The molecule has 0 aromatic heterocycles. The van der Waals surface area contributed by atoms with E-state index >= 15 is 0 Å². The zero-order valence-corrected chi connectivity index (χ0v) is 10.8. The van der Waals surface area contributed by atoms with Crippen LogP contribution < -0.4 is 10.5 Å². The second-order valence-electron chi connectivity index (χ2n) is 4.82. The van der Waals surface area contributed by atoms with E-state index in [1.807, 2.05) is 6.07 Å². The second-order valence-corrected chi connectivity index (χ2v) is 4.82. The highest BCUT2D eigenvalue weighted by Crippen LogP contribution is 2.23. The molecule has 0 saturated heterocycles. The van der Waals surface area contributed by atoms with Gasteiger partial charge in [0.05, 0.1) is 6.61 Å². The van der Waals surface area contributed by atoms with Crippen molar-refractivity contribution in [3.05, 3.63) is 29.3 Å². The molecule has 0 bridgehead atoms. The van der Waals surface area contributed by atoms with Crippen LogP contribution in [0.2, 0.25) is 0 Å². The monoisotopic (exact) mass is 221 g/mol. The molecule has 0 aliphatic carbocycles. The molecule has 90 valence electrons. The highest BCUT2D eigenvalue weighted by atomic mass is 16.5. The van der Waals surface area contributed by atoms with Crippen molar-refractivity contribution >= 4 is 0 Å². The van der Waals surface area contributed by atoms with Gasteiger partial charge in [-0.05, 0) is 42.6 Å². The Hall–Kier alpha value is -1.02. The highest BCUT2D eigenvalue weighted by molar-refractivity contribution is 5.36. The van der Waals surface area contributed by atoms with E-state index in [0.29, 0.717) is 25.0 Å². The van der Waals surface area contributed by atoms with Crippen molar-refractivity contribution in [3.8, 4) is 5.75 Å². The number of nitrogens with two attached hydrogens (primary N) is 1. The Kier molecular flexibility index (Phi) is 4.81. The van der Waals surface area contributed by atoms with Gasteiger partial charge in [0.2, 0.25) is 0 Å². The predicted molar refractivity (Wildman–Crippen MR) is 69.0 cm³/mol. The zero-order chi connectivity index (χ0) is 12.1. The van der Waals surface area contributed by atoms with Gasteiger partial charge in [-0.3, -0.25) is 0 Å². The van der Waals surface area contributed by atoms with E-state index in [9.17, 15) is 0 Å². The summed E-state index contributed by atoms with van der Waals surface area (Å²) in [5, 5.41) is 0. The number of rotatable bonds is 5. The number of aryl methyl sites for hydroxylation is 1. The lowest BCUT2D eigenvalue weighted by molar-refractivity contribution is 0.264. The Morgan fingerprint density at radius 2 is 1.94 bits per heavy atom. The molecule has 1 atom stereocenters. The summed E-state index contributed by atoms with van der Waals surface area (Å²) in [5.74, 6) is 1.92. The molecule has 16 heavy (non-hydrogen) atoms. The van der Waals surface area contributed by atoms with Crippen LogP contribution in [0.3, 0.4) is 0 Å². The summed E-state index contributed by atoms with van der Waals surface area (Å²) in [4.78, 5) is 0. The number of benzene rings is 1. The summed E-state index contributed by atoms with van der Waals surface area (Å²) in [6, 6.07) is 6.31. The third-order valence-corrected chi connectivity index (χ3v) is 2.80. The Balaban J connectivity index is 2.66. The molecule has 0 heterocycles. The summed E-state index contributed by atoms with van der Waals surface area (Å²) < 4.78 is 5.69. The molecule has 2 nitrogen and oxygen atoms in total. The Morgan fingerprint density at radius 3 is 2.44 bits per heavy atom. The summed E-state index contributed by atoms with van der Waals surface area (Å²) in [7, 11) is 0. The maximum Gasteiger partial charge on any atom is 0.119 e. The second kappa shape index (κ2) is 5.90. The molecule has 1 aromatic carbocycles. The lowest BCUT2D eigenvalue weighted by atomic mass is 9.98. The zero-order valence-electron chi connectivity index (χ0n) is 10.8. The smallest absolute Gasteiger partial charge is 0.119 e. The maximum absolute atomic E-state index is 5.69. The fraction of sp³-hybridized carbons (Fsp3) is 0.571. The summed E-state index contributed by atoms with van der Waals surface area (Å²) in [6.07, 6.45) is 0. The van der Waals surface area contributed by atoms with Gasteiger partial charge in [0, 0.05) is 5.92 Å². The van der Waals surface area contributed by atoms with Gasteiger partial charge in [-0.15, -0.1) is 0 Å². The van der Waals surface area contributed by atoms with Crippen LogP contribution in [0.15, 0.2) is 18.2 Å². The number of hydrogen-bond acceptors (Lipinski definition) is 2. The van der Waals surface area contributed by atoms with E-state index in [0.717, 1.165) is 5.75 Å². The van der Waals surface area contributed by atoms with Crippen LogP contribution >= 0.6 is 0 Å². The lowest BCUT2D eigenvalue weighted by Crippen LogP contribution is -2.18. The minimum absolute atomic E-state index is 0.407. The van der Waals surface area contributed by atoms with E-state index < -0.39 is 0 Å². The molecular weight excluding hydrogens is 198 g/mol. The number of hydrogen-bond donors (Lipinski definition) is 1. The molecule has 0 aliphatic rings. The van der Waals surface area contributed by atoms with Crippen molar-refractivity contribution in [2.75, 3.05) is 13.2 Å². The fourth-order valence-electron chi connectivity index (χ4n) is 1.69. The molecular formula is C14H23NO. The van der Waals surface area contributed by atoms with Crippen LogP contribution in [-0.4, -0.2) is 13.2 Å². The molecule has 0 radical (unpaired) electrons. The van der Waals surface area contributed by atoms with Gasteiger partial charge < -0.3 is 10.5 Å². The average molecular weight is 221 g/mol. The molecule has 1 unspecified atom stereocenters. The van der Waals surface area contributed by atoms with Crippen LogP contribution in [0, 0.1) is 12.8 Å². The molecule has 0 saturated carbocycles. The first kappa shape index (κ1) is 13.0. The first-order valence-corrected chi connectivity index (χ1v) is 5.98.